The van der Waals surface area contributed by atoms with Gasteiger partial charge in [-0.25, -0.2) is 0 Å². The molecule has 0 saturated heterocycles. The van der Waals surface area contributed by atoms with Crippen LogP contribution in [-0.2, 0) is 68.2 Å². The van der Waals surface area contributed by atoms with Crippen molar-refractivity contribution in [2.24, 2.45) is 0 Å². The second-order valence-corrected chi connectivity index (χ2v) is 2.91. The zero-order chi connectivity index (χ0) is 9.00. The van der Waals surface area contributed by atoms with Gasteiger partial charge in [0.05, 0.1) is 0 Å². The maximum absolute atomic E-state index is 8.59. The Morgan fingerprint density at radius 1 is 1.00 bits per heavy atom. The molecule has 0 atom stereocenters. The van der Waals surface area contributed by atoms with Gasteiger partial charge in [-0.2, -0.15) is 0 Å². The molecule has 0 aromatic heterocycles. The van der Waals surface area contributed by atoms with Gasteiger partial charge in [0.2, 0.25) is 0 Å². The Labute approximate surface area is 93.6 Å². The van der Waals surface area contributed by atoms with Crippen molar-refractivity contribution in [3.8, 4) is 0 Å². The van der Waals surface area contributed by atoms with Crippen LogP contribution in [0, 0.1) is 0 Å². The van der Waals surface area contributed by atoms with Crippen molar-refractivity contribution in [1.29, 1.82) is 0 Å². The minimum absolute atomic E-state index is 0. The summed E-state index contributed by atoms with van der Waals surface area (Å²) in [7, 11) is -5.17. The number of hydrogen-bond donors (Lipinski definition) is 0. The van der Waals surface area contributed by atoms with Crippen LogP contribution in [0.3, 0.4) is 0 Å². The molecule has 73 valence electrons. The fraction of sp³-hybridized carbons (Fsp3) is 0. The zero-order valence-electron chi connectivity index (χ0n) is 5.09. The molecule has 1 radical (unpaired) electrons. The van der Waals surface area contributed by atoms with E-state index in [1.165, 1.54) is 0 Å². The molecule has 0 heterocycles. The SMILES string of the molecule is O=S(=O)([O-])[O-].[Cu+2].[O]=[Cr](=[O])([O-])[O-].[Zn+2]. The average molecular weight is 341 g/mol. The Morgan fingerprint density at radius 3 is 1.00 bits per heavy atom. The van der Waals surface area contributed by atoms with Gasteiger partial charge in [0.1, 0.15) is 0 Å². The average Bonchev–Trinajstić information content (AvgIpc) is 1.12. The third kappa shape index (κ3) is 988. The van der Waals surface area contributed by atoms with Crippen LogP contribution in [0.5, 0.6) is 0 Å². The summed E-state index contributed by atoms with van der Waals surface area (Å²) >= 11 is -5.75. The summed E-state index contributed by atoms with van der Waals surface area (Å²) in [5.74, 6) is 0. The first-order valence-electron chi connectivity index (χ1n) is 1.33. The molecule has 0 aliphatic carbocycles. The first kappa shape index (κ1) is 23.1. The van der Waals surface area contributed by atoms with Crippen LogP contribution >= 0.6 is 0 Å². The van der Waals surface area contributed by atoms with E-state index in [4.69, 9.17) is 33.4 Å². The summed E-state index contributed by atoms with van der Waals surface area (Å²) in [6, 6.07) is 0. The summed E-state index contributed by atoms with van der Waals surface area (Å²) in [6.45, 7) is 0. The third-order valence-corrected chi connectivity index (χ3v) is 0. The van der Waals surface area contributed by atoms with E-state index in [-0.39, 0.29) is 36.5 Å². The molecule has 0 N–H and O–H groups in total. The molecule has 0 aromatic rings. The van der Waals surface area contributed by atoms with Gasteiger partial charge in [-0.1, -0.05) is 0 Å². The molecule has 0 saturated carbocycles. The summed E-state index contributed by atoms with van der Waals surface area (Å²) in [5, 5.41) is 0. The topological polar surface area (TPSA) is 161 Å². The Hall–Kier alpha value is 1.07. The Kier molecular flexibility index (Phi) is 16.7. The second kappa shape index (κ2) is 8.65. The molecule has 0 aliphatic rings. The van der Waals surface area contributed by atoms with Crippen molar-refractivity contribution in [2.45, 2.75) is 0 Å². The van der Waals surface area contributed by atoms with Crippen molar-refractivity contribution >= 4 is 10.4 Å². The first-order valence-corrected chi connectivity index (χ1v) is 4.75. The molecule has 0 unspecified atom stereocenters. The van der Waals surface area contributed by atoms with Crippen molar-refractivity contribution < 1.29 is 83.6 Å². The van der Waals surface area contributed by atoms with E-state index in [0.717, 1.165) is 0 Å². The molecule has 0 amide bonds. The monoisotopic (exact) mass is 339 g/mol. The van der Waals surface area contributed by atoms with E-state index in [2.05, 4.69) is 0 Å². The van der Waals surface area contributed by atoms with Crippen molar-refractivity contribution in [3.05, 3.63) is 0 Å². The van der Waals surface area contributed by atoms with E-state index in [9.17, 15) is 0 Å². The van der Waals surface area contributed by atoms with E-state index in [1.807, 2.05) is 0 Å². The van der Waals surface area contributed by atoms with Crippen LogP contribution < -0.4 is 8.32 Å². The first-order chi connectivity index (χ1) is 4.00. The summed E-state index contributed by atoms with van der Waals surface area (Å²) < 4.78 is 68.5. The predicted octanol–water partition coefficient (Wildman–Crippen LogP) is -3.96. The molecular weight excluding hydrogens is 341 g/mol. The molecule has 0 aliphatic heterocycles. The summed E-state index contributed by atoms with van der Waals surface area (Å²) in [4.78, 5) is 0. The van der Waals surface area contributed by atoms with Crippen molar-refractivity contribution in [2.75, 3.05) is 0 Å². The maximum Gasteiger partial charge on any atom is 2.00 e. The largest absolute Gasteiger partial charge is 2.00 e. The molecule has 0 fully saturated rings. The number of rotatable bonds is 0. The molecule has 0 spiro atoms. The molecule has 0 aromatic carbocycles. The van der Waals surface area contributed by atoms with Gasteiger partial charge in [0.25, 0.3) is 0 Å². The molecular formula is CrCuO8SZn. The van der Waals surface area contributed by atoms with Gasteiger partial charge < -0.3 is 9.11 Å². The van der Waals surface area contributed by atoms with E-state index < -0.39 is 24.0 Å². The van der Waals surface area contributed by atoms with Crippen molar-refractivity contribution in [1.82, 2.24) is 0 Å². The Balaban J connectivity index is -0.0000000457. The molecule has 8 nitrogen and oxygen atoms in total. The molecule has 12 heteroatoms. The van der Waals surface area contributed by atoms with Crippen LogP contribution in [0.4, 0.5) is 0 Å². The standard InChI is InChI=1S/Cr.Cu.H2O4S.4O.Zn/c;;1-5(2,3)4;;;;;/h;;(H2,1,2,3,4);;;;;/q;+2;;;;2*-1;+2/p-2. The smallest absolute Gasteiger partial charge is 2.00 e. The van der Waals surface area contributed by atoms with Crippen LogP contribution in [-0.4, -0.2) is 17.5 Å². The molecule has 0 rings (SSSR count). The number of hydrogen-bond acceptors (Lipinski definition) is 8. The van der Waals surface area contributed by atoms with Crippen LogP contribution in [0.1, 0.15) is 0 Å². The zero-order valence-corrected chi connectivity index (χ0v) is 11.1. The normalized spacial score (nSPS) is 9.67. The van der Waals surface area contributed by atoms with Gasteiger partial charge in [-0.15, -0.1) is 0 Å². The quantitative estimate of drug-likeness (QED) is 0.245. The minimum atomic E-state index is -5.75. The van der Waals surface area contributed by atoms with Crippen LogP contribution in [0.25, 0.3) is 0 Å². The van der Waals surface area contributed by atoms with Gasteiger partial charge in [0.15, 0.2) is 0 Å². The van der Waals surface area contributed by atoms with Gasteiger partial charge >= 0.3 is 66.1 Å². The Bertz CT molecular complexity index is 215. The minimum Gasteiger partial charge on any atom is 2.00 e. The van der Waals surface area contributed by atoms with E-state index in [1.54, 1.807) is 0 Å². The van der Waals surface area contributed by atoms with Gasteiger partial charge in [-0.3, -0.25) is 8.42 Å². The summed E-state index contributed by atoms with van der Waals surface area (Å²) in [5.41, 5.74) is 0. The fourth-order valence-electron chi connectivity index (χ4n) is 0. The summed E-state index contributed by atoms with van der Waals surface area (Å²) in [6.07, 6.45) is 0. The molecule has 0 bridgehead atoms. The molecule has 12 heavy (non-hydrogen) atoms. The second-order valence-electron chi connectivity index (χ2n) is 0.816. The van der Waals surface area contributed by atoms with Crippen LogP contribution in [0.2, 0.25) is 0 Å². The maximum atomic E-state index is 8.59. The van der Waals surface area contributed by atoms with Gasteiger partial charge in [-0.05, 0) is 0 Å². The van der Waals surface area contributed by atoms with Gasteiger partial charge in [0, 0.05) is 10.4 Å². The van der Waals surface area contributed by atoms with E-state index in [0.29, 0.717) is 0 Å². The van der Waals surface area contributed by atoms with Crippen LogP contribution in [0.15, 0.2) is 0 Å². The third-order valence-electron chi connectivity index (χ3n) is 0. The van der Waals surface area contributed by atoms with E-state index >= 15 is 0 Å². The Morgan fingerprint density at radius 2 is 1.00 bits per heavy atom. The van der Waals surface area contributed by atoms with Crippen molar-refractivity contribution in [3.63, 3.8) is 0 Å². The predicted molar refractivity (Wildman–Crippen MR) is 11.8 cm³/mol. The fourth-order valence-corrected chi connectivity index (χ4v) is 0.